The number of aryl methyl sites for hydroxylation is 3. The molecule has 0 saturated heterocycles. The topological polar surface area (TPSA) is 59.4 Å². The summed E-state index contributed by atoms with van der Waals surface area (Å²) in [5.41, 5.74) is 3.47. The number of nitrogens with zero attached hydrogens (tertiary/aromatic N) is 1. The van der Waals surface area contributed by atoms with Crippen LogP contribution in [0.4, 0.5) is 0 Å². The molecule has 1 N–H and O–H groups in total. The van der Waals surface area contributed by atoms with Gasteiger partial charge in [0.1, 0.15) is 11.3 Å². The molecule has 2 aromatic rings. The van der Waals surface area contributed by atoms with E-state index in [1.54, 1.807) is 6.07 Å². The van der Waals surface area contributed by atoms with Crippen molar-refractivity contribution in [3.63, 3.8) is 0 Å². The molecular formula is C17H17NO3. The Balaban J connectivity index is 1.93. The molecule has 4 nitrogen and oxygen atoms in total. The van der Waals surface area contributed by atoms with Crippen LogP contribution in [0.1, 0.15) is 40.0 Å². The molecule has 0 radical (unpaired) electrons. The van der Waals surface area contributed by atoms with Crippen LogP contribution in [0.15, 0.2) is 30.3 Å². The second kappa shape index (κ2) is 5.56. The number of rotatable bonds is 3. The normalized spacial score (nSPS) is 13.6. The van der Waals surface area contributed by atoms with E-state index in [4.69, 9.17) is 4.74 Å². The Bertz CT molecular complexity index is 694. The zero-order valence-corrected chi connectivity index (χ0v) is 11.9. The van der Waals surface area contributed by atoms with Crippen LogP contribution < -0.4 is 4.74 Å². The minimum absolute atomic E-state index is 0.0818. The summed E-state index contributed by atoms with van der Waals surface area (Å²) < 4.78 is 5.73. The fourth-order valence-corrected chi connectivity index (χ4v) is 2.66. The quantitative estimate of drug-likeness (QED) is 0.931. The molecule has 1 heterocycles. The maximum atomic E-state index is 11.2. The lowest BCUT2D eigenvalue weighted by Gasteiger charge is -2.17. The van der Waals surface area contributed by atoms with Crippen LogP contribution in [0.5, 0.6) is 11.6 Å². The highest BCUT2D eigenvalue weighted by Gasteiger charge is 2.15. The molecule has 0 saturated carbocycles. The molecule has 21 heavy (non-hydrogen) atoms. The summed E-state index contributed by atoms with van der Waals surface area (Å²) in [6.45, 7) is 1.81. The van der Waals surface area contributed by atoms with Gasteiger partial charge in [-0.3, -0.25) is 0 Å². The minimum atomic E-state index is -1.03. The lowest BCUT2D eigenvalue weighted by Crippen LogP contribution is -2.05. The summed E-state index contributed by atoms with van der Waals surface area (Å²) in [7, 11) is 0. The SMILES string of the molecule is Cc1ccc(C(=O)O)c(Oc2ccc3c(c2)CCCC3)n1. The first kappa shape index (κ1) is 13.6. The molecule has 3 rings (SSSR count). The van der Waals surface area contributed by atoms with Crippen molar-refractivity contribution in [2.75, 3.05) is 0 Å². The van der Waals surface area contributed by atoms with Gasteiger partial charge in [0.05, 0.1) is 0 Å². The molecule has 0 bridgehead atoms. The molecular weight excluding hydrogens is 266 g/mol. The second-order valence-corrected chi connectivity index (χ2v) is 5.35. The molecule has 4 heteroatoms. The van der Waals surface area contributed by atoms with Crippen LogP contribution in [0.25, 0.3) is 0 Å². The Labute approximate surface area is 123 Å². The first-order valence-electron chi connectivity index (χ1n) is 7.14. The number of fused-ring (bicyclic) bond motifs is 1. The average molecular weight is 283 g/mol. The smallest absolute Gasteiger partial charge is 0.341 e. The Morgan fingerprint density at radius 1 is 1.14 bits per heavy atom. The van der Waals surface area contributed by atoms with Crippen LogP contribution in [0, 0.1) is 6.92 Å². The Morgan fingerprint density at radius 3 is 2.67 bits per heavy atom. The number of aromatic carboxylic acids is 1. The third kappa shape index (κ3) is 2.89. The summed E-state index contributed by atoms with van der Waals surface area (Å²) in [5.74, 6) is -0.232. The second-order valence-electron chi connectivity index (χ2n) is 5.35. The maximum absolute atomic E-state index is 11.2. The van der Waals surface area contributed by atoms with Crippen LogP contribution in [-0.2, 0) is 12.8 Å². The van der Waals surface area contributed by atoms with Crippen LogP contribution >= 0.6 is 0 Å². The fraction of sp³-hybridized carbons (Fsp3) is 0.294. The molecule has 0 spiro atoms. The molecule has 0 amide bonds. The van der Waals surface area contributed by atoms with Crippen molar-refractivity contribution in [2.24, 2.45) is 0 Å². The number of aromatic nitrogens is 1. The van der Waals surface area contributed by atoms with Gasteiger partial charge < -0.3 is 9.84 Å². The first-order chi connectivity index (χ1) is 10.1. The number of carboxylic acid groups (broad SMARTS) is 1. The number of hydrogen-bond donors (Lipinski definition) is 1. The number of carbonyl (C=O) groups is 1. The predicted octanol–water partition coefficient (Wildman–Crippen LogP) is 3.76. The van der Waals surface area contributed by atoms with Gasteiger partial charge in [0.15, 0.2) is 0 Å². The van der Waals surface area contributed by atoms with Crippen molar-refractivity contribution in [3.8, 4) is 11.6 Å². The molecule has 1 aliphatic carbocycles. The van der Waals surface area contributed by atoms with Gasteiger partial charge in [-0.05, 0) is 68.0 Å². The van der Waals surface area contributed by atoms with Crippen molar-refractivity contribution in [2.45, 2.75) is 32.6 Å². The monoisotopic (exact) mass is 283 g/mol. The highest BCUT2D eigenvalue weighted by atomic mass is 16.5. The van der Waals surface area contributed by atoms with Gasteiger partial charge in [0.2, 0.25) is 5.88 Å². The number of pyridine rings is 1. The maximum Gasteiger partial charge on any atom is 0.341 e. The summed E-state index contributed by atoms with van der Waals surface area (Å²) in [5, 5.41) is 9.21. The van der Waals surface area contributed by atoms with Crippen molar-refractivity contribution in [1.29, 1.82) is 0 Å². The van der Waals surface area contributed by atoms with Gasteiger partial charge in [-0.2, -0.15) is 0 Å². The van der Waals surface area contributed by atoms with Gasteiger partial charge in [-0.15, -0.1) is 0 Å². The van der Waals surface area contributed by atoms with Crippen molar-refractivity contribution < 1.29 is 14.6 Å². The van der Waals surface area contributed by atoms with Gasteiger partial charge in [0.25, 0.3) is 0 Å². The van der Waals surface area contributed by atoms with Crippen LogP contribution in [0.2, 0.25) is 0 Å². The minimum Gasteiger partial charge on any atom is -0.477 e. The number of ether oxygens (including phenoxy) is 1. The lowest BCUT2D eigenvalue weighted by molar-refractivity contribution is 0.0693. The van der Waals surface area contributed by atoms with Gasteiger partial charge in [-0.25, -0.2) is 9.78 Å². The van der Waals surface area contributed by atoms with Crippen LogP contribution in [0.3, 0.4) is 0 Å². The van der Waals surface area contributed by atoms with Gasteiger partial charge in [0, 0.05) is 5.69 Å². The predicted molar refractivity (Wildman–Crippen MR) is 79.1 cm³/mol. The Kier molecular flexibility index (Phi) is 3.60. The Hall–Kier alpha value is -2.36. The zero-order chi connectivity index (χ0) is 14.8. The third-order valence-corrected chi connectivity index (χ3v) is 3.76. The van der Waals surface area contributed by atoms with Gasteiger partial charge >= 0.3 is 5.97 Å². The molecule has 1 aliphatic rings. The number of hydrogen-bond acceptors (Lipinski definition) is 3. The lowest BCUT2D eigenvalue weighted by atomic mass is 9.92. The van der Waals surface area contributed by atoms with E-state index in [9.17, 15) is 9.90 Å². The first-order valence-corrected chi connectivity index (χ1v) is 7.14. The van der Waals surface area contributed by atoms with Gasteiger partial charge in [-0.1, -0.05) is 6.07 Å². The highest BCUT2D eigenvalue weighted by Crippen LogP contribution is 2.29. The average Bonchev–Trinajstić information content (AvgIpc) is 2.47. The van der Waals surface area contributed by atoms with E-state index in [0.29, 0.717) is 5.75 Å². The molecule has 0 aliphatic heterocycles. The molecule has 0 unspecified atom stereocenters. The van der Waals surface area contributed by atoms with Crippen molar-refractivity contribution in [3.05, 3.63) is 52.7 Å². The highest BCUT2D eigenvalue weighted by molar-refractivity contribution is 5.90. The molecule has 0 fully saturated rings. The van der Waals surface area contributed by atoms with Crippen molar-refractivity contribution >= 4 is 5.97 Å². The fourth-order valence-electron chi connectivity index (χ4n) is 2.66. The molecule has 1 aromatic carbocycles. The van der Waals surface area contributed by atoms with E-state index in [1.807, 2.05) is 19.1 Å². The number of carboxylic acids is 1. The third-order valence-electron chi connectivity index (χ3n) is 3.76. The van der Waals surface area contributed by atoms with Crippen LogP contribution in [-0.4, -0.2) is 16.1 Å². The van der Waals surface area contributed by atoms with Crippen molar-refractivity contribution in [1.82, 2.24) is 4.98 Å². The zero-order valence-electron chi connectivity index (χ0n) is 11.9. The Morgan fingerprint density at radius 2 is 1.90 bits per heavy atom. The van der Waals surface area contributed by atoms with E-state index < -0.39 is 5.97 Å². The molecule has 0 atom stereocenters. The summed E-state index contributed by atoms with van der Waals surface area (Å²) in [6.07, 6.45) is 4.59. The van der Waals surface area contributed by atoms with E-state index in [0.717, 1.165) is 18.5 Å². The number of benzene rings is 1. The standard InChI is InChI=1S/C17H17NO3/c1-11-6-9-15(17(19)20)16(18-11)21-14-8-7-12-4-2-3-5-13(12)10-14/h6-10H,2-5H2,1H3,(H,19,20). The summed E-state index contributed by atoms with van der Waals surface area (Å²) in [4.78, 5) is 15.4. The van der Waals surface area contributed by atoms with E-state index >= 15 is 0 Å². The largest absolute Gasteiger partial charge is 0.477 e. The van der Waals surface area contributed by atoms with E-state index in [2.05, 4.69) is 11.1 Å². The molecule has 108 valence electrons. The molecule has 1 aromatic heterocycles. The summed E-state index contributed by atoms with van der Waals surface area (Å²) >= 11 is 0. The van der Waals surface area contributed by atoms with E-state index in [1.165, 1.54) is 30.0 Å². The summed E-state index contributed by atoms with van der Waals surface area (Å²) in [6, 6.07) is 9.16. The van der Waals surface area contributed by atoms with E-state index in [-0.39, 0.29) is 11.4 Å².